The van der Waals surface area contributed by atoms with E-state index in [0.29, 0.717) is 28.6 Å². The van der Waals surface area contributed by atoms with Crippen LogP contribution in [0.2, 0.25) is 0 Å². The summed E-state index contributed by atoms with van der Waals surface area (Å²) < 4.78 is 16.3. The van der Waals surface area contributed by atoms with E-state index >= 15 is 0 Å². The number of benzene rings is 1. The van der Waals surface area contributed by atoms with E-state index in [2.05, 4.69) is 27.6 Å². The third-order valence-electron chi connectivity index (χ3n) is 3.33. The van der Waals surface area contributed by atoms with Gasteiger partial charge in [0.25, 0.3) is 5.91 Å². The van der Waals surface area contributed by atoms with E-state index in [1.165, 1.54) is 12.0 Å². The van der Waals surface area contributed by atoms with Gasteiger partial charge in [-0.15, -0.1) is 0 Å². The lowest BCUT2D eigenvalue weighted by Gasteiger charge is -2.19. The Bertz CT molecular complexity index is 704. The predicted octanol–water partition coefficient (Wildman–Crippen LogP) is 2.99. The zero-order valence-corrected chi connectivity index (χ0v) is 15.4. The molecule has 1 amide bonds. The van der Waals surface area contributed by atoms with Gasteiger partial charge in [0.2, 0.25) is 5.88 Å². The minimum atomic E-state index is -0.165. The second-order valence-electron chi connectivity index (χ2n) is 4.61. The highest BCUT2D eigenvalue weighted by Crippen LogP contribution is 2.32. The summed E-state index contributed by atoms with van der Waals surface area (Å²) in [7, 11) is 6.34. The fourth-order valence-electron chi connectivity index (χ4n) is 2.01. The quantitative estimate of drug-likeness (QED) is 0.686. The van der Waals surface area contributed by atoms with Gasteiger partial charge in [-0.05, 0) is 40.8 Å². The lowest BCUT2D eigenvalue weighted by Crippen LogP contribution is -2.27. The Morgan fingerprint density at radius 2 is 1.74 bits per heavy atom. The molecule has 0 aliphatic heterocycles. The normalized spacial score (nSPS) is 10.1. The first-order valence-corrected chi connectivity index (χ1v) is 7.79. The first-order valence-electron chi connectivity index (χ1n) is 6.71. The highest BCUT2D eigenvalue weighted by molar-refractivity contribution is 14.1. The molecule has 0 radical (unpaired) electrons. The van der Waals surface area contributed by atoms with Gasteiger partial charge in [0.15, 0.2) is 11.5 Å². The van der Waals surface area contributed by atoms with Crippen molar-refractivity contribution in [2.45, 2.75) is 0 Å². The van der Waals surface area contributed by atoms with Crippen LogP contribution in [0.15, 0.2) is 30.5 Å². The number of nitrogens with zero attached hydrogens (tertiary/aromatic N) is 2. The van der Waals surface area contributed by atoms with Crippen molar-refractivity contribution in [1.29, 1.82) is 0 Å². The van der Waals surface area contributed by atoms with Gasteiger partial charge in [0.05, 0.1) is 38.8 Å². The number of methoxy groups -OCH3 is 3. The molecule has 0 fully saturated rings. The van der Waals surface area contributed by atoms with Gasteiger partial charge in [0.1, 0.15) is 0 Å². The Labute approximate surface area is 148 Å². The van der Waals surface area contributed by atoms with Crippen LogP contribution in [-0.2, 0) is 0 Å². The minimum Gasteiger partial charge on any atom is -0.493 e. The van der Waals surface area contributed by atoms with Crippen LogP contribution in [0.5, 0.6) is 17.4 Å². The van der Waals surface area contributed by atoms with Crippen molar-refractivity contribution < 1.29 is 19.0 Å². The molecule has 0 unspecified atom stereocenters. The van der Waals surface area contributed by atoms with Gasteiger partial charge in [0, 0.05) is 16.7 Å². The van der Waals surface area contributed by atoms with E-state index in [4.69, 9.17) is 14.2 Å². The number of carbonyl (C=O) groups is 1. The highest BCUT2D eigenvalue weighted by Gasteiger charge is 2.20. The summed E-state index contributed by atoms with van der Waals surface area (Å²) in [6.07, 6.45) is 1.59. The van der Waals surface area contributed by atoms with Crippen LogP contribution >= 0.6 is 22.6 Å². The maximum atomic E-state index is 12.8. The van der Waals surface area contributed by atoms with Gasteiger partial charge < -0.3 is 19.1 Å². The number of anilines is 1. The van der Waals surface area contributed by atoms with E-state index in [1.54, 1.807) is 51.7 Å². The maximum absolute atomic E-state index is 12.8. The number of amides is 1. The van der Waals surface area contributed by atoms with E-state index in [9.17, 15) is 4.79 Å². The van der Waals surface area contributed by atoms with E-state index in [-0.39, 0.29) is 5.91 Å². The zero-order valence-electron chi connectivity index (χ0n) is 13.3. The van der Waals surface area contributed by atoms with Crippen LogP contribution < -0.4 is 19.1 Å². The zero-order chi connectivity index (χ0) is 17.0. The van der Waals surface area contributed by atoms with Crippen LogP contribution in [0.1, 0.15) is 10.4 Å². The van der Waals surface area contributed by atoms with E-state index in [1.807, 2.05) is 0 Å². The smallest absolute Gasteiger partial charge is 0.259 e. The second-order valence-corrected chi connectivity index (χ2v) is 5.77. The van der Waals surface area contributed by atoms with Crippen LogP contribution in [0.4, 0.5) is 5.69 Å². The van der Waals surface area contributed by atoms with Crippen LogP contribution in [0.3, 0.4) is 0 Å². The minimum absolute atomic E-state index is 0.165. The molecule has 2 aromatic rings. The molecule has 0 spiro atoms. The van der Waals surface area contributed by atoms with Crippen LogP contribution in [-0.4, -0.2) is 39.3 Å². The molecule has 0 N–H and O–H groups in total. The number of rotatable bonds is 5. The largest absolute Gasteiger partial charge is 0.493 e. The average molecular weight is 428 g/mol. The molecule has 1 aromatic heterocycles. The topological polar surface area (TPSA) is 60.9 Å². The molecule has 0 saturated carbocycles. The van der Waals surface area contributed by atoms with Crippen molar-refractivity contribution in [2.75, 3.05) is 33.3 Å². The Kier molecular flexibility index (Phi) is 5.64. The molecule has 1 heterocycles. The van der Waals surface area contributed by atoms with Crippen molar-refractivity contribution in [3.63, 3.8) is 0 Å². The molecule has 23 heavy (non-hydrogen) atoms. The van der Waals surface area contributed by atoms with Crippen molar-refractivity contribution in [3.8, 4) is 17.4 Å². The van der Waals surface area contributed by atoms with Gasteiger partial charge in [-0.3, -0.25) is 4.79 Å². The molecule has 7 heteroatoms. The third-order valence-corrected chi connectivity index (χ3v) is 4.22. The van der Waals surface area contributed by atoms with Gasteiger partial charge in [-0.1, -0.05) is 0 Å². The number of ether oxygens (including phenoxy) is 3. The Morgan fingerprint density at radius 1 is 1.09 bits per heavy atom. The number of aromatic nitrogens is 1. The van der Waals surface area contributed by atoms with Crippen molar-refractivity contribution >= 4 is 34.2 Å². The second kappa shape index (κ2) is 7.49. The summed E-state index contributed by atoms with van der Waals surface area (Å²) in [6, 6.07) is 6.93. The number of carbonyl (C=O) groups excluding carboxylic acids is 1. The molecular formula is C16H17IN2O4. The highest BCUT2D eigenvalue weighted by atomic mass is 127. The van der Waals surface area contributed by atoms with E-state index in [0.717, 1.165) is 3.57 Å². The van der Waals surface area contributed by atoms with Crippen molar-refractivity contribution in [1.82, 2.24) is 4.98 Å². The predicted molar refractivity (Wildman–Crippen MR) is 95.8 cm³/mol. The molecule has 0 aliphatic rings. The van der Waals surface area contributed by atoms with Gasteiger partial charge in [-0.2, -0.15) is 0 Å². The van der Waals surface area contributed by atoms with Crippen LogP contribution in [0.25, 0.3) is 0 Å². The SMILES string of the molecule is COc1ccc(N(C)C(=O)c2cc(OC)c(OC)cc2I)cn1. The Morgan fingerprint density at radius 3 is 2.26 bits per heavy atom. The van der Waals surface area contributed by atoms with Gasteiger partial charge >= 0.3 is 0 Å². The summed E-state index contributed by atoms with van der Waals surface area (Å²) in [5.41, 5.74) is 1.20. The Hall–Kier alpha value is -2.03. The van der Waals surface area contributed by atoms with Gasteiger partial charge in [-0.25, -0.2) is 4.98 Å². The number of hydrogen-bond acceptors (Lipinski definition) is 5. The number of hydrogen-bond donors (Lipinski definition) is 0. The third kappa shape index (κ3) is 3.66. The standard InChI is InChI=1S/C16H17IN2O4/c1-19(10-5-6-15(23-4)18-9-10)16(20)11-7-13(21-2)14(22-3)8-12(11)17/h5-9H,1-4H3. The number of halogens is 1. The summed E-state index contributed by atoms with van der Waals surface area (Å²) >= 11 is 2.10. The molecule has 1 aromatic carbocycles. The monoisotopic (exact) mass is 428 g/mol. The van der Waals surface area contributed by atoms with E-state index < -0.39 is 0 Å². The average Bonchev–Trinajstić information content (AvgIpc) is 2.60. The fourth-order valence-corrected chi connectivity index (χ4v) is 2.68. The molecule has 0 atom stereocenters. The summed E-state index contributed by atoms with van der Waals surface area (Å²) in [6.45, 7) is 0. The molecule has 0 bridgehead atoms. The first-order chi connectivity index (χ1) is 11.0. The van der Waals surface area contributed by atoms with Crippen molar-refractivity contribution in [2.24, 2.45) is 0 Å². The van der Waals surface area contributed by atoms with Crippen molar-refractivity contribution in [3.05, 3.63) is 39.6 Å². The lowest BCUT2D eigenvalue weighted by atomic mass is 10.1. The molecular weight excluding hydrogens is 411 g/mol. The summed E-state index contributed by atoms with van der Waals surface area (Å²) in [5, 5.41) is 0. The molecule has 2 rings (SSSR count). The summed E-state index contributed by atoms with van der Waals surface area (Å²) in [5.74, 6) is 1.43. The lowest BCUT2D eigenvalue weighted by molar-refractivity contribution is 0.0991. The molecule has 122 valence electrons. The molecule has 0 saturated heterocycles. The van der Waals surface area contributed by atoms with Crippen LogP contribution in [0, 0.1) is 3.57 Å². The molecule has 6 nitrogen and oxygen atoms in total. The fraction of sp³-hybridized carbons (Fsp3) is 0.250. The number of pyridine rings is 1. The molecule has 0 aliphatic carbocycles. The first kappa shape index (κ1) is 17.3. The maximum Gasteiger partial charge on any atom is 0.259 e. The summed E-state index contributed by atoms with van der Waals surface area (Å²) in [4.78, 5) is 18.4. The Balaban J connectivity index is 2.35.